The van der Waals surface area contributed by atoms with Crippen molar-refractivity contribution in [2.24, 2.45) is 0 Å². The van der Waals surface area contributed by atoms with Crippen LogP contribution < -0.4 is 5.32 Å². The van der Waals surface area contributed by atoms with Gasteiger partial charge in [0.25, 0.3) is 0 Å². The minimum Gasteiger partial charge on any atom is -0.339 e. The molecule has 0 radical (unpaired) electrons. The number of aromatic nitrogens is 3. The molecule has 0 bridgehead atoms. The van der Waals surface area contributed by atoms with Gasteiger partial charge in [-0.05, 0) is 37.1 Å². The fraction of sp³-hybridized carbons (Fsp3) is 0.462. The van der Waals surface area contributed by atoms with Crippen LogP contribution in [0, 0.1) is 0 Å². The first-order valence-electron chi connectivity index (χ1n) is 6.34. The van der Waals surface area contributed by atoms with Gasteiger partial charge < -0.3 is 9.84 Å². The highest BCUT2D eigenvalue weighted by molar-refractivity contribution is 5.15. The summed E-state index contributed by atoms with van der Waals surface area (Å²) >= 11 is 0. The van der Waals surface area contributed by atoms with E-state index in [1.54, 1.807) is 12.4 Å². The second kappa shape index (κ2) is 5.27. The summed E-state index contributed by atoms with van der Waals surface area (Å²) in [5, 5.41) is 7.41. The largest absolute Gasteiger partial charge is 0.339 e. The minimum absolute atomic E-state index is 0.373. The summed E-state index contributed by atoms with van der Waals surface area (Å²) in [4.78, 5) is 8.48. The van der Waals surface area contributed by atoms with Gasteiger partial charge in [0.15, 0.2) is 5.82 Å². The maximum atomic E-state index is 5.36. The molecule has 1 fully saturated rings. The normalized spacial score (nSPS) is 19.9. The molecule has 1 aliphatic rings. The first kappa shape index (κ1) is 11.3. The van der Waals surface area contributed by atoms with E-state index < -0.39 is 0 Å². The Kier molecular flexibility index (Phi) is 3.32. The fourth-order valence-electron chi connectivity index (χ4n) is 2.25. The zero-order valence-corrected chi connectivity index (χ0v) is 10.2. The van der Waals surface area contributed by atoms with Gasteiger partial charge >= 0.3 is 0 Å². The van der Waals surface area contributed by atoms with Crippen LogP contribution in [0.1, 0.15) is 36.0 Å². The zero-order chi connectivity index (χ0) is 12.2. The van der Waals surface area contributed by atoms with Gasteiger partial charge in [-0.1, -0.05) is 5.16 Å². The molecule has 0 aromatic carbocycles. The molecule has 0 amide bonds. The molecule has 3 rings (SSSR count). The maximum Gasteiger partial charge on any atom is 0.231 e. The Morgan fingerprint density at radius 3 is 3.00 bits per heavy atom. The van der Waals surface area contributed by atoms with Crippen molar-refractivity contribution < 1.29 is 4.52 Å². The Hall–Kier alpha value is -1.75. The van der Waals surface area contributed by atoms with E-state index >= 15 is 0 Å². The van der Waals surface area contributed by atoms with Gasteiger partial charge in [0.05, 0.1) is 5.92 Å². The number of nitrogens with one attached hydrogen (secondary N) is 1. The highest BCUT2D eigenvalue weighted by Crippen LogP contribution is 2.21. The van der Waals surface area contributed by atoms with E-state index in [2.05, 4.69) is 20.4 Å². The summed E-state index contributed by atoms with van der Waals surface area (Å²) in [7, 11) is 0. The Labute approximate surface area is 106 Å². The molecule has 0 aliphatic carbocycles. The predicted octanol–water partition coefficient (Wildman–Crippen LogP) is 1.52. The van der Waals surface area contributed by atoms with Crippen LogP contribution in [0.2, 0.25) is 0 Å². The highest BCUT2D eigenvalue weighted by Gasteiger charge is 2.21. The lowest BCUT2D eigenvalue weighted by Crippen LogP contribution is -2.28. The molecule has 5 nitrogen and oxygen atoms in total. The highest BCUT2D eigenvalue weighted by atomic mass is 16.5. The summed E-state index contributed by atoms with van der Waals surface area (Å²) in [6, 6.07) is 3.94. The lowest BCUT2D eigenvalue weighted by Gasteiger charge is -2.18. The van der Waals surface area contributed by atoms with Crippen LogP contribution in [0.5, 0.6) is 0 Å². The molecule has 1 N–H and O–H groups in total. The van der Waals surface area contributed by atoms with Crippen molar-refractivity contribution in [3.8, 4) is 0 Å². The van der Waals surface area contributed by atoms with Crippen LogP contribution >= 0.6 is 0 Å². The van der Waals surface area contributed by atoms with E-state index in [4.69, 9.17) is 4.52 Å². The topological polar surface area (TPSA) is 63.8 Å². The average Bonchev–Trinajstić information content (AvgIpc) is 2.89. The summed E-state index contributed by atoms with van der Waals surface area (Å²) in [6.07, 6.45) is 6.56. The van der Waals surface area contributed by atoms with E-state index in [9.17, 15) is 0 Å². The van der Waals surface area contributed by atoms with Crippen molar-refractivity contribution >= 4 is 0 Å². The quantitative estimate of drug-likeness (QED) is 0.887. The van der Waals surface area contributed by atoms with E-state index in [1.807, 2.05) is 12.1 Å². The molecule has 18 heavy (non-hydrogen) atoms. The van der Waals surface area contributed by atoms with E-state index in [0.717, 1.165) is 36.8 Å². The molecular formula is C13H16N4O. The second-order valence-electron chi connectivity index (χ2n) is 4.62. The third kappa shape index (κ3) is 2.56. The van der Waals surface area contributed by atoms with Gasteiger partial charge in [-0.15, -0.1) is 0 Å². The van der Waals surface area contributed by atoms with E-state index in [1.165, 1.54) is 6.42 Å². The molecular weight excluding hydrogens is 228 g/mol. The summed E-state index contributed by atoms with van der Waals surface area (Å²) in [5.41, 5.74) is 1.15. The number of pyridine rings is 1. The summed E-state index contributed by atoms with van der Waals surface area (Å²) in [6.45, 7) is 2.03. The van der Waals surface area contributed by atoms with Crippen molar-refractivity contribution in [1.82, 2.24) is 20.4 Å². The molecule has 1 aliphatic heterocycles. The van der Waals surface area contributed by atoms with Crippen molar-refractivity contribution in [2.45, 2.75) is 25.2 Å². The number of hydrogen-bond donors (Lipinski definition) is 1. The van der Waals surface area contributed by atoms with Crippen LogP contribution in [0.25, 0.3) is 0 Å². The van der Waals surface area contributed by atoms with Crippen molar-refractivity contribution in [3.63, 3.8) is 0 Å². The van der Waals surface area contributed by atoms with Gasteiger partial charge in [0.2, 0.25) is 5.89 Å². The molecule has 94 valence electrons. The zero-order valence-electron chi connectivity index (χ0n) is 10.2. The molecule has 1 atom stereocenters. The van der Waals surface area contributed by atoms with Crippen LogP contribution in [0.4, 0.5) is 0 Å². The van der Waals surface area contributed by atoms with Crippen molar-refractivity contribution in [2.75, 3.05) is 13.1 Å². The Bertz CT molecular complexity index is 491. The first-order chi connectivity index (χ1) is 8.92. The third-order valence-corrected chi connectivity index (χ3v) is 3.24. The Balaban J connectivity index is 1.69. The SMILES string of the molecule is c1cc(Cc2noc([C@@H]3CCCNC3)n2)ccn1. The smallest absolute Gasteiger partial charge is 0.231 e. The van der Waals surface area contributed by atoms with Crippen LogP contribution in [0.3, 0.4) is 0 Å². The average molecular weight is 244 g/mol. The third-order valence-electron chi connectivity index (χ3n) is 3.24. The number of rotatable bonds is 3. The fourth-order valence-corrected chi connectivity index (χ4v) is 2.25. The van der Waals surface area contributed by atoms with Gasteiger partial charge in [-0.25, -0.2) is 0 Å². The lowest BCUT2D eigenvalue weighted by molar-refractivity contribution is 0.320. The summed E-state index contributed by atoms with van der Waals surface area (Å²) < 4.78 is 5.36. The van der Waals surface area contributed by atoms with Gasteiger partial charge in [-0.3, -0.25) is 4.98 Å². The molecule has 5 heteroatoms. The second-order valence-corrected chi connectivity index (χ2v) is 4.62. The standard InChI is InChI=1S/C13H16N4O/c1-2-11(9-15-5-1)13-16-12(17-18-13)8-10-3-6-14-7-4-10/h3-4,6-7,11,15H,1-2,5,8-9H2/t11-/m1/s1. The maximum absolute atomic E-state index is 5.36. The van der Waals surface area contributed by atoms with E-state index in [0.29, 0.717) is 12.3 Å². The van der Waals surface area contributed by atoms with Crippen LogP contribution in [-0.4, -0.2) is 28.2 Å². The lowest BCUT2D eigenvalue weighted by atomic mass is 10.00. The Morgan fingerprint density at radius 1 is 1.33 bits per heavy atom. The minimum atomic E-state index is 0.373. The molecule has 1 saturated heterocycles. The predicted molar refractivity (Wildman–Crippen MR) is 66.2 cm³/mol. The van der Waals surface area contributed by atoms with Gasteiger partial charge in [0, 0.05) is 25.4 Å². The molecule has 0 unspecified atom stereocenters. The molecule has 0 saturated carbocycles. The summed E-state index contributed by atoms with van der Waals surface area (Å²) in [5.74, 6) is 1.89. The molecule has 2 aromatic heterocycles. The molecule has 0 spiro atoms. The first-order valence-corrected chi connectivity index (χ1v) is 6.34. The van der Waals surface area contributed by atoms with Crippen molar-refractivity contribution in [1.29, 1.82) is 0 Å². The van der Waals surface area contributed by atoms with Crippen molar-refractivity contribution in [3.05, 3.63) is 41.8 Å². The van der Waals surface area contributed by atoms with E-state index in [-0.39, 0.29) is 0 Å². The number of piperidine rings is 1. The Morgan fingerprint density at radius 2 is 2.22 bits per heavy atom. The van der Waals surface area contributed by atoms with Gasteiger partial charge in [0.1, 0.15) is 0 Å². The van der Waals surface area contributed by atoms with Crippen LogP contribution in [0.15, 0.2) is 29.0 Å². The monoisotopic (exact) mass is 244 g/mol. The van der Waals surface area contributed by atoms with Crippen LogP contribution in [-0.2, 0) is 6.42 Å². The number of nitrogens with zero attached hydrogens (tertiary/aromatic N) is 3. The number of hydrogen-bond acceptors (Lipinski definition) is 5. The molecule has 2 aromatic rings. The van der Waals surface area contributed by atoms with Gasteiger partial charge in [-0.2, -0.15) is 4.98 Å². The molecule has 3 heterocycles.